The second-order valence-electron chi connectivity index (χ2n) is 3.24. The van der Waals surface area contributed by atoms with Crippen LogP contribution in [-0.4, -0.2) is 22.9 Å². The van der Waals surface area contributed by atoms with Crippen LogP contribution in [0, 0.1) is 0 Å². The van der Waals surface area contributed by atoms with E-state index in [9.17, 15) is 5.11 Å². The van der Waals surface area contributed by atoms with E-state index in [4.69, 9.17) is 4.74 Å². The quantitative estimate of drug-likeness (QED) is 0.487. The summed E-state index contributed by atoms with van der Waals surface area (Å²) in [5.41, 5.74) is -0.141. The van der Waals surface area contributed by atoms with E-state index in [-0.39, 0.29) is 11.7 Å². The van der Waals surface area contributed by atoms with Crippen LogP contribution >= 0.6 is 0 Å². The van der Waals surface area contributed by atoms with Crippen molar-refractivity contribution < 1.29 is 9.84 Å². The van der Waals surface area contributed by atoms with E-state index in [1.807, 2.05) is 6.92 Å². The van der Waals surface area contributed by atoms with Crippen LogP contribution in [0.2, 0.25) is 0 Å². The van der Waals surface area contributed by atoms with Crippen molar-refractivity contribution in [3.63, 3.8) is 0 Å². The maximum absolute atomic E-state index is 9.35. The maximum Gasteiger partial charge on any atom is 0.118 e. The third-order valence-electron chi connectivity index (χ3n) is 2.58. The van der Waals surface area contributed by atoms with Crippen molar-refractivity contribution in [2.24, 2.45) is 0 Å². The van der Waals surface area contributed by atoms with E-state index in [0.717, 1.165) is 19.3 Å². The molecule has 2 heteroatoms. The molecule has 52 valence electrons. The summed E-state index contributed by atoms with van der Waals surface area (Å²) in [6.45, 7) is 2.00. The van der Waals surface area contributed by atoms with Crippen molar-refractivity contribution in [1.82, 2.24) is 0 Å². The average Bonchev–Trinajstić information content (AvgIpc) is 2.44. The Morgan fingerprint density at radius 2 is 2.33 bits per heavy atom. The van der Waals surface area contributed by atoms with Gasteiger partial charge in [-0.2, -0.15) is 0 Å². The molecule has 1 heterocycles. The van der Waals surface area contributed by atoms with Crippen LogP contribution in [0.5, 0.6) is 0 Å². The van der Waals surface area contributed by atoms with Gasteiger partial charge in [0.1, 0.15) is 5.60 Å². The van der Waals surface area contributed by atoms with E-state index >= 15 is 0 Å². The molecule has 1 saturated heterocycles. The largest absolute Gasteiger partial charge is 0.390 e. The lowest BCUT2D eigenvalue weighted by atomic mass is 9.88. The topological polar surface area (TPSA) is 32.8 Å². The molecule has 3 atom stereocenters. The summed E-state index contributed by atoms with van der Waals surface area (Å²) in [4.78, 5) is 0. The van der Waals surface area contributed by atoms with Gasteiger partial charge in [-0.05, 0) is 26.2 Å². The van der Waals surface area contributed by atoms with Crippen molar-refractivity contribution in [3.05, 3.63) is 0 Å². The highest BCUT2D eigenvalue weighted by Gasteiger charge is 2.58. The molecule has 2 nitrogen and oxygen atoms in total. The molecule has 1 aliphatic carbocycles. The van der Waals surface area contributed by atoms with Gasteiger partial charge in [-0.25, -0.2) is 0 Å². The lowest BCUT2D eigenvalue weighted by Crippen LogP contribution is -2.32. The molecule has 0 aromatic rings. The van der Waals surface area contributed by atoms with Gasteiger partial charge in [0, 0.05) is 0 Å². The Bertz CT molecular complexity index is 135. The number of epoxide rings is 1. The zero-order valence-corrected chi connectivity index (χ0v) is 5.63. The minimum absolute atomic E-state index is 0.141. The summed E-state index contributed by atoms with van der Waals surface area (Å²) in [5.74, 6) is 0. The molecule has 0 aromatic carbocycles. The third-order valence-corrected chi connectivity index (χ3v) is 2.58. The van der Waals surface area contributed by atoms with Gasteiger partial charge in [-0.15, -0.1) is 0 Å². The minimum atomic E-state index is -0.198. The minimum Gasteiger partial charge on any atom is -0.390 e. The number of aliphatic hydroxyl groups excluding tert-OH is 1. The van der Waals surface area contributed by atoms with Gasteiger partial charge in [0.05, 0.1) is 12.2 Å². The Hall–Kier alpha value is -0.0800. The summed E-state index contributed by atoms with van der Waals surface area (Å²) in [7, 11) is 0. The Morgan fingerprint density at radius 3 is 2.89 bits per heavy atom. The SMILES string of the molecule is C[C@]12O[C@H]1CCC[C@@H]2O. The first-order chi connectivity index (χ1) is 4.23. The molecule has 0 radical (unpaired) electrons. The molecule has 1 aliphatic heterocycles. The van der Waals surface area contributed by atoms with Crippen molar-refractivity contribution in [2.75, 3.05) is 0 Å². The highest BCUT2D eigenvalue weighted by Crippen LogP contribution is 2.47. The normalized spacial score (nSPS) is 56.7. The fraction of sp³-hybridized carbons (Fsp3) is 1.00. The first-order valence-corrected chi connectivity index (χ1v) is 3.59. The Labute approximate surface area is 54.8 Å². The second kappa shape index (κ2) is 1.50. The number of hydrogen-bond acceptors (Lipinski definition) is 2. The summed E-state index contributed by atoms with van der Waals surface area (Å²) >= 11 is 0. The van der Waals surface area contributed by atoms with Crippen LogP contribution in [-0.2, 0) is 4.74 Å². The number of fused-ring (bicyclic) bond motifs is 1. The van der Waals surface area contributed by atoms with Crippen LogP contribution in [0.25, 0.3) is 0 Å². The van der Waals surface area contributed by atoms with Crippen LogP contribution < -0.4 is 0 Å². The fourth-order valence-corrected chi connectivity index (χ4v) is 1.69. The predicted molar refractivity (Wildman–Crippen MR) is 33.1 cm³/mol. The highest BCUT2D eigenvalue weighted by atomic mass is 16.6. The number of ether oxygens (including phenoxy) is 1. The Morgan fingerprint density at radius 1 is 1.56 bits per heavy atom. The van der Waals surface area contributed by atoms with Crippen molar-refractivity contribution >= 4 is 0 Å². The molecule has 1 saturated carbocycles. The zero-order valence-electron chi connectivity index (χ0n) is 5.63. The molecule has 9 heavy (non-hydrogen) atoms. The van der Waals surface area contributed by atoms with Gasteiger partial charge in [-0.1, -0.05) is 0 Å². The molecule has 0 aromatic heterocycles. The zero-order chi connectivity index (χ0) is 6.48. The van der Waals surface area contributed by atoms with Gasteiger partial charge in [0.25, 0.3) is 0 Å². The van der Waals surface area contributed by atoms with Crippen LogP contribution in [0.1, 0.15) is 26.2 Å². The van der Waals surface area contributed by atoms with Crippen LogP contribution in [0.3, 0.4) is 0 Å². The van der Waals surface area contributed by atoms with E-state index < -0.39 is 0 Å². The third kappa shape index (κ3) is 0.634. The monoisotopic (exact) mass is 128 g/mol. The molecule has 2 fully saturated rings. The number of aliphatic hydroxyl groups is 1. The van der Waals surface area contributed by atoms with Crippen LogP contribution in [0.4, 0.5) is 0 Å². The second-order valence-corrected chi connectivity index (χ2v) is 3.24. The summed E-state index contributed by atoms with van der Waals surface area (Å²) < 4.78 is 5.33. The van der Waals surface area contributed by atoms with E-state index in [1.54, 1.807) is 0 Å². The Balaban J connectivity index is 2.10. The predicted octanol–water partition coefficient (Wildman–Crippen LogP) is 0.689. The average molecular weight is 128 g/mol. The first kappa shape index (κ1) is 5.69. The van der Waals surface area contributed by atoms with Gasteiger partial charge in [0.15, 0.2) is 0 Å². The lowest BCUT2D eigenvalue weighted by Gasteiger charge is -2.18. The summed E-state index contributed by atoms with van der Waals surface area (Å²) in [5, 5.41) is 9.35. The first-order valence-electron chi connectivity index (χ1n) is 3.59. The van der Waals surface area contributed by atoms with Gasteiger partial charge in [0.2, 0.25) is 0 Å². The smallest absolute Gasteiger partial charge is 0.118 e. The van der Waals surface area contributed by atoms with E-state index in [0.29, 0.717) is 6.10 Å². The number of rotatable bonds is 0. The van der Waals surface area contributed by atoms with Crippen molar-refractivity contribution in [1.29, 1.82) is 0 Å². The molecule has 0 amide bonds. The van der Waals surface area contributed by atoms with E-state index in [2.05, 4.69) is 0 Å². The lowest BCUT2D eigenvalue weighted by molar-refractivity contribution is 0.0744. The molecular weight excluding hydrogens is 116 g/mol. The maximum atomic E-state index is 9.35. The molecular formula is C7H12O2. The van der Waals surface area contributed by atoms with Gasteiger partial charge < -0.3 is 9.84 Å². The Kier molecular flexibility index (Phi) is 0.945. The van der Waals surface area contributed by atoms with E-state index in [1.165, 1.54) is 0 Å². The van der Waals surface area contributed by atoms with Crippen molar-refractivity contribution in [2.45, 2.75) is 44.0 Å². The van der Waals surface area contributed by atoms with Crippen LogP contribution in [0.15, 0.2) is 0 Å². The van der Waals surface area contributed by atoms with Gasteiger partial charge >= 0.3 is 0 Å². The molecule has 1 N–H and O–H groups in total. The fourth-order valence-electron chi connectivity index (χ4n) is 1.69. The summed E-state index contributed by atoms with van der Waals surface area (Å²) in [6, 6.07) is 0. The van der Waals surface area contributed by atoms with Crippen molar-refractivity contribution in [3.8, 4) is 0 Å². The molecule has 2 rings (SSSR count). The molecule has 2 aliphatic rings. The highest BCUT2D eigenvalue weighted by molar-refractivity contribution is 5.06. The van der Waals surface area contributed by atoms with Gasteiger partial charge in [-0.3, -0.25) is 0 Å². The standard InChI is InChI=1S/C7H12O2/c1-7-5(8)3-2-4-6(7)9-7/h5-6,8H,2-4H2,1H3/t5-,6-,7+/m0/s1. The molecule has 0 spiro atoms. The molecule has 0 bridgehead atoms. The number of hydrogen-bond donors (Lipinski definition) is 1. The molecule has 0 unspecified atom stereocenters. The summed E-state index contributed by atoms with van der Waals surface area (Å²) in [6.07, 6.45) is 3.37.